The molecular weight excluding hydrogens is 296 g/mol. The average molecular weight is 324 g/mol. The van der Waals surface area contributed by atoms with Gasteiger partial charge in [-0.15, -0.1) is 0 Å². The number of hydrogen-bond donors (Lipinski definition) is 2. The summed E-state index contributed by atoms with van der Waals surface area (Å²) < 4.78 is 0. The van der Waals surface area contributed by atoms with Crippen molar-refractivity contribution in [1.29, 1.82) is 0 Å². The number of nitrogens with zero attached hydrogens (tertiary/aromatic N) is 2. The normalized spacial score (nSPS) is 11.6. The number of nitrogens with one attached hydrogen (secondary N) is 2. The second kappa shape index (κ2) is 9.73. The van der Waals surface area contributed by atoms with E-state index in [2.05, 4.69) is 83.2 Å². The third kappa shape index (κ3) is 6.42. The lowest BCUT2D eigenvalue weighted by Gasteiger charge is -2.13. The van der Waals surface area contributed by atoms with Crippen molar-refractivity contribution in [2.45, 2.75) is 19.5 Å². The Bertz CT molecular complexity index is 618. The summed E-state index contributed by atoms with van der Waals surface area (Å²) in [5.74, 6) is 0.836. The van der Waals surface area contributed by atoms with Crippen LogP contribution >= 0.6 is 0 Å². The van der Waals surface area contributed by atoms with Crippen molar-refractivity contribution in [1.82, 2.24) is 15.5 Å². The number of guanidine groups is 1. The lowest BCUT2D eigenvalue weighted by molar-refractivity contribution is 0.402. The van der Waals surface area contributed by atoms with Crippen molar-refractivity contribution in [3.63, 3.8) is 0 Å². The van der Waals surface area contributed by atoms with Gasteiger partial charge in [-0.1, -0.05) is 54.6 Å². The molecule has 4 heteroatoms. The maximum atomic E-state index is 4.28. The summed E-state index contributed by atoms with van der Waals surface area (Å²) in [4.78, 5) is 6.45. The molecule has 4 nitrogen and oxygen atoms in total. The van der Waals surface area contributed by atoms with Gasteiger partial charge in [0.05, 0.1) is 0 Å². The highest BCUT2D eigenvalue weighted by molar-refractivity contribution is 5.79. The van der Waals surface area contributed by atoms with Gasteiger partial charge in [-0.05, 0) is 37.2 Å². The van der Waals surface area contributed by atoms with Crippen molar-refractivity contribution in [2.75, 3.05) is 27.7 Å². The van der Waals surface area contributed by atoms with Gasteiger partial charge in [0.25, 0.3) is 0 Å². The summed E-state index contributed by atoms with van der Waals surface area (Å²) in [5.41, 5.74) is 3.91. The zero-order valence-corrected chi connectivity index (χ0v) is 14.9. The first-order valence-electron chi connectivity index (χ1n) is 8.38. The zero-order valence-electron chi connectivity index (χ0n) is 14.9. The largest absolute Gasteiger partial charge is 0.356 e. The second-order valence-electron chi connectivity index (χ2n) is 6.14. The molecule has 2 N–H and O–H groups in total. The first-order valence-corrected chi connectivity index (χ1v) is 8.38. The van der Waals surface area contributed by atoms with Crippen molar-refractivity contribution in [2.24, 2.45) is 4.99 Å². The van der Waals surface area contributed by atoms with Crippen LogP contribution in [0.1, 0.15) is 16.7 Å². The molecule has 0 fully saturated rings. The van der Waals surface area contributed by atoms with Gasteiger partial charge in [-0.3, -0.25) is 4.99 Å². The second-order valence-corrected chi connectivity index (χ2v) is 6.14. The Hall–Kier alpha value is -2.33. The van der Waals surface area contributed by atoms with E-state index in [4.69, 9.17) is 0 Å². The first kappa shape index (κ1) is 18.0. The summed E-state index contributed by atoms with van der Waals surface area (Å²) in [5, 5.41) is 6.72. The fraction of sp³-hybridized carbons (Fsp3) is 0.350. The molecule has 0 spiro atoms. The molecule has 0 saturated carbocycles. The topological polar surface area (TPSA) is 39.7 Å². The van der Waals surface area contributed by atoms with Crippen LogP contribution in [0.2, 0.25) is 0 Å². The molecule has 0 atom stereocenters. The highest BCUT2D eigenvalue weighted by Crippen LogP contribution is 2.06. The van der Waals surface area contributed by atoms with Gasteiger partial charge in [0, 0.05) is 26.7 Å². The lowest BCUT2D eigenvalue weighted by Crippen LogP contribution is -2.37. The van der Waals surface area contributed by atoms with Crippen LogP contribution in [0.15, 0.2) is 59.6 Å². The highest BCUT2D eigenvalue weighted by Gasteiger charge is 2.00. The van der Waals surface area contributed by atoms with Crippen LogP contribution in [0.4, 0.5) is 0 Å². The maximum absolute atomic E-state index is 4.28. The summed E-state index contributed by atoms with van der Waals surface area (Å²) in [7, 11) is 5.97. The van der Waals surface area contributed by atoms with Crippen LogP contribution in [0.3, 0.4) is 0 Å². The van der Waals surface area contributed by atoms with E-state index in [1.165, 1.54) is 16.7 Å². The van der Waals surface area contributed by atoms with Crippen LogP contribution in [-0.2, 0) is 19.5 Å². The van der Waals surface area contributed by atoms with Gasteiger partial charge >= 0.3 is 0 Å². The number of hydrogen-bond acceptors (Lipinski definition) is 2. The summed E-state index contributed by atoms with van der Waals surface area (Å²) in [6.07, 6.45) is 0.987. The van der Waals surface area contributed by atoms with E-state index < -0.39 is 0 Å². The Labute approximate surface area is 145 Å². The van der Waals surface area contributed by atoms with Crippen LogP contribution in [0, 0.1) is 0 Å². The van der Waals surface area contributed by atoms with Crippen molar-refractivity contribution in [3.8, 4) is 0 Å². The summed E-state index contributed by atoms with van der Waals surface area (Å²) in [6.45, 7) is 2.61. The van der Waals surface area contributed by atoms with Gasteiger partial charge in [0.1, 0.15) is 0 Å². The molecule has 0 aliphatic rings. The predicted molar refractivity (Wildman–Crippen MR) is 102 cm³/mol. The quantitative estimate of drug-likeness (QED) is 0.607. The molecule has 0 aromatic heterocycles. The zero-order chi connectivity index (χ0) is 17.2. The molecule has 0 radical (unpaired) electrons. The van der Waals surface area contributed by atoms with Crippen LogP contribution in [0.25, 0.3) is 0 Å². The monoisotopic (exact) mass is 324 g/mol. The van der Waals surface area contributed by atoms with Crippen molar-refractivity contribution >= 4 is 5.96 Å². The minimum atomic E-state index is 0.771. The number of benzene rings is 2. The van der Waals surface area contributed by atoms with Gasteiger partial charge in [0.2, 0.25) is 0 Å². The fourth-order valence-corrected chi connectivity index (χ4v) is 2.50. The lowest BCUT2D eigenvalue weighted by atomic mass is 10.1. The fourth-order valence-electron chi connectivity index (χ4n) is 2.50. The average Bonchev–Trinajstić information content (AvgIpc) is 2.59. The third-order valence-electron chi connectivity index (χ3n) is 3.75. The Kier molecular flexibility index (Phi) is 7.30. The number of aliphatic imine (C=N–C) groups is 1. The van der Waals surface area contributed by atoms with Gasteiger partial charge < -0.3 is 15.5 Å². The highest BCUT2D eigenvalue weighted by atomic mass is 15.2. The molecule has 0 heterocycles. The molecular formula is C20H28N4. The van der Waals surface area contributed by atoms with E-state index in [0.29, 0.717) is 0 Å². The van der Waals surface area contributed by atoms with Gasteiger partial charge in [-0.25, -0.2) is 0 Å². The van der Waals surface area contributed by atoms with Crippen molar-refractivity contribution in [3.05, 3.63) is 71.3 Å². The third-order valence-corrected chi connectivity index (χ3v) is 3.75. The molecule has 2 aromatic carbocycles. The van der Waals surface area contributed by atoms with E-state index in [1.807, 2.05) is 6.07 Å². The van der Waals surface area contributed by atoms with E-state index in [0.717, 1.165) is 32.0 Å². The molecule has 2 rings (SSSR count). The van der Waals surface area contributed by atoms with E-state index >= 15 is 0 Å². The molecule has 0 aliphatic carbocycles. The van der Waals surface area contributed by atoms with E-state index in [-0.39, 0.29) is 0 Å². The molecule has 0 saturated heterocycles. The van der Waals surface area contributed by atoms with Crippen LogP contribution in [0.5, 0.6) is 0 Å². The minimum absolute atomic E-state index is 0.771. The Morgan fingerprint density at radius 1 is 0.875 bits per heavy atom. The van der Waals surface area contributed by atoms with Crippen LogP contribution < -0.4 is 10.6 Å². The molecule has 0 unspecified atom stereocenters. The Morgan fingerprint density at radius 2 is 1.54 bits per heavy atom. The first-order chi connectivity index (χ1) is 11.7. The molecule has 24 heavy (non-hydrogen) atoms. The number of rotatable bonds is 7. The van der Waals surface area contributed by atoms with E-state index in [1.54, 1.807) is 7.05 Å². The summed E-state index contributed by atoms with van der Waals surface area (Å²) >= 11 is 0. The van der Waals surface area contributed by atoms with E-state index in [9.17, 15) is 0 Å². The molecule has 0 amide bonds. The molecule has 128 valence electrons. The summed E-state index contributed by atoms with van der Waals surface area (Å²) in [6, 6.07) is 19.2. The van der Waals surface area contributed by atoms with Crippen molar-refractivity contribution < 1.29 is 0 Å². The minimum Gasteiger partial charge on any atom is -0.356 e. The van der Waals surface area contributed by atoms with Gasteiger partial charge in [0.15, 0.2) is 5.96 Å². The molecule has 0 bridgehead atoms. The standard InChI is InChI=1S/C20H28N4/c1-21-20(22-14-13-17-7-5-4-6-8-17)23-15-18-9-11-19(12-10-18)16-24(2)3/h4-12H,13-16H2,1-3H3,(H2,21,22,23). The molecule has 2 aromatic rings. The van der Waals surface area contributed by atoms with Crippen LogP contribution in [-0.4, -0.2) is 38.5 Å². The maximum Gasteiger partial charge on any atom is 0.191 e. The smallest absolute Gasteiger partial charge is 0.191 e. The Balaban J connectivity index is 1.75. The van der Waals surface area contributed by atoms with Gasteiger partial charge in [-0.2, -0.15) is 0 Å². The molecule has 0 aliphatic heterocycles. The Morgan fingerprint density at radius 3 is 2.17 bits per heavy atom. The predicted octanol–water partition coefficient (Wildman–Crippen LogP) is 2.66. The SMILES string of the molecule is CN=C(NCCc1ccccc1)NCc1ccc(CN(C)C)cc1.